The van der Waals surface area contributed by atoms with Crippen LogP contribution >= 0.6 is 15.9 Å². The summed E-state index contributed by atoms with van der Waals surface area (Å²) in [6.45, 7) is 7.56. The molecule has 1 N–H and O–H groups in total. The van der Waals surface area contributed by atoms with Crippen molar-refractivity contribution in [3.05, 3.63) is 28.2 Å². The van der Waals surface area contributed by atoms with Crippen LogP contribution in [-0.2, 0) is 0 Å². The van der Waals surface area contributed by atoms with Crippen molar-refractivity contribution >= 4 is 21.8 Å². The number of carbonyl (C=O) groups is 1. The van der Waals surface area contributed by atoms with Crippen molar-refractivity contribution in [2.45, 2.75) is 27.2 Å². The van der Waals surface area contributed by atoms with E-state index in [9.17, 15) is 9.90 Å². The van der Waals surface area contributed by atoms with Crippen molar-refractivity contribution in [3.63, 3.8) is 0 Å². The molecule has 1 aromatic rings. The van der Waals surface area contributed by atoms with Gasteiger partial charge in [0.25, 0.3) is 5.91 Å². The number of carbonyl (C=O) groups excluding carboxylic acids is 1. The fraction of sp³-hybridized carbons (Fsp3) is 0.500. The maximum Gasteiger partial charge on any atom is 0.257 e. The van der Waals surface area contributed by atoms with Crippen LogP contribution in [0.5, 0.6) is 5.75 Å². The van der Waals surface area contributed by atoms with Gasteiger partial charge in [0, 0.05) is 17.6 Å². The van der Waals surface area contributed by atoms with Crippen molar-refractivity contribution in [2.24, 2.45) is 5.92 Å². The lowest BCUT2D eigenvalue weighted by molar-refractivity contribution is 0.0738. The highest BCUT2D eigenvalue weighted by Gasteiger charge is 2.19. The third kappa shape index (κ3) is 3.73. The van der Waals surface area contributed by atoms with Gasteiger partial charge in [-0.3, -0.25) is 4.79 Å². The Hall–Kier alpha value is -1.03. The van der Waals surface area contributed by atoms with Gasteiger partial charge in [-0.15, -0.1) is 0 Å². The van der Waals surface area contributed by atoms with Crippen LogP contribution in [0.2, 0.25) is 0 Å². The zero-order valence-electron chi connectivity index (χ0n) is 11.1. The normalized spacial score (nSPS) is 12.2. The summed E-state index contributed by atoms with van der Waals surface area (Å²) < 4.78 is 0.765. The minimum atomic E-state index is -0.109. The Balaban J connectivity index is 2.89. The minimum Gasteiger partial charge on any atom is -0.507 e. The molecule has 18 heavy (non-hydrogen) atoms. The number of phenols is 1. The fourth-order valence-electron chi connectivity index (χ4n) is 1.72. The molecule has 0 spiro atoms. The topological polar surface area (TPSA) is 40.5 Å². The Kier molecular flexibility index (Phi) is 5.66. The van der Waals surface area contributed by atoms with Gasteiger partial charge in [0.05, 0.1) is 5.56 Å². The van der Waals surface area contributed by atoms with Crippen molar-refractivity contribution in [3.8, 4) is 5.75 Å². The molecule has 1 unspecified atom stereocenters. The molecule has 0 radical (unpaired) electrons. The molecule has 0 aliphatic carbocycles. The van der Waals surface area contributed by atoms with Crippen molar-refractivity contribution < 1.29 is 9.90 Å². The number of benzene rings is 1. The van der Waals surface area contributed by atoms with E-state index >= 15 is 0 Å². The van der Waals surface area contributed by atoms with Crippen molar-refractivity contribution in [1.29, 1.82) is 0 Å². The first-order chi connectivity index (χ1) is 8.49. The average Bonchev–Trinajstić information content (AvgIpc) is 2.34. The van der Waals surface area contributed by atoms with E-state index in [2.05, 4.69) is 29.8 Å². The minimum absolute atomic E-state index is 0.0250. The molecule has 100 valence electrons. The number of phenolic OH excluding ortho intramolecular Hbond substituents is 1. The quantitative estimate of drug-likeness (QED) is 0.901. The van der Waals surface area contributed by atoms with E-state index in [1.165, 1.54) is 0 Å². The molecule has 0 saturated carbocycles. The molecule has 1 amide bonds. The van der Waals surface area contributed by atoms with Crippen LogP contribution in [0.15, 0.2) is 22.7 Å². The second-order valence-electron chi connectivity index (χ2n) is 4.52. The largest absolute Gasteiger partial charge is 0.507 e. The van der Waals surface area contributed by atoms with Gasteiger partial charge in [-0.25, -0.2) is 0 Å². The van der Waals surface area contributed by atoms with Crippen LogP contribution in [-0.4, -0.2) is 29.0 Å². The third-order valence-corrected chi connectivity index (χ3v) is 3.58. The highest BCUT2D eigenvalue weighted by molar-refractivity contribution is 9.10. The average molecular weight is 314 g/mol. The molecule has 0 aromatic heterocycles. The van der Waals surface area contributed by atoms with E-state index < -0.39 is 0 Å². The molecule has 0 aliphatic heterocycles. The summed E-state index contributed by atoms with van der Waals surface area (Å²) in [4.78, 5) is 14.1. The van der Waals surface area contributed by atoms with Crippen LogP contribution < -0.4 is 0 Å². The highest BCUT2D eigenvalue weighted by atomic mass is 79.9. The van der Waals surface area contributed by atoms with E-state index in [1.54, 1.807) is 23.1 Å². The number of hydrogen-bond acceptors (Lipinski definition) is 2. The van der Waals surface area contributed by atoms with E-state index in [0.29, 0.717) is 18.0 Å². The number of rotatable bonds is 5. The van der Waals surface area contributed by atoms with Gasteiger partial charge in [0.2, 0.25) is 0 Å². The lowest BCUT2D eigenvalue weighted by Gasteiger charge is -2.24. The van der Waals surface area contributed by atoms with Crippen LogP contribution in [0.4, 0.5) is 0 Å². The Morgan fingerprint density at radius 1 is 1.44 bits per heavy atom. The summed E-state index contributed by atoms with van der Waals surface area (Å²) in [7, 11) is 0. The first kappa shape index (κ1) is 15.0. The molecule has 0 saturated heterocycles. The third-order valence-electron chi connectivity index (χ3n) is 3.09. The van der Waals surface area contributed by atoms with E-state index in [4.69, 9.17) is 0 Å². The number of aromatic hydroxyl groups is 1. The molecule has 1 atom stereocenters. The molecule has 0 heterocycles. The molecule has 1 rings (SSSR count). The predicted octanol–water partition coefficient (Wildman–Crippen LogP) is 3.66. The smallest absolute Gasteiger partial charge is 0.257 e. The molecule has 0 fully saturated rings. The Labute approximate surface area is 117 Å². The monoisotopic (exact) mass is 313 g/mol. The molecular formula is C14H20BrNO2. The maximum atomic E-state index is 12.3. The first-order valence-corrected chi connectivity index (χ1v) is 7.06. The van der Waals surface area contributed by atoms with E-state index in [-0.39, 0.29) is 11.7 Å². The number of amides is 1. The number of hydrogen-bond donors (Lipinski definition) is 1. The summed E-state index contributed by atoms with van der Waals surface area (Å²) >= 11 is 3.27. The van der Waals surface area contributed by atoms with E-state index in [1.807, 2.05) is 6.92 Å². The Morgan fingerprint density at radius 3 is 2.61 bits per heavy atom. The Bertz CT molecular complexity index is 420. The maximum absolute atomic E-state index is 12.3. The van der Waals surface area contributed by atoms with Crippen molar-refractivity contribution in [1.82, 2.24) is 4.90 Å². The van der Waals surface area contributed by atoms with Gasteiger partial charge in [-0.1, -0.05) is 36.2 Å². The lowest BCUT2D eigenvalue weighted by Crippen LogP contribution is -2.34. The lowest BCUT2D eigenvalue weighted by atomic mass is 10.1. The second kappa shape index (κ2) is 6.78. The summed E-state index contributed by atoms with van der Waals surface area (Å²) in [6.07, 6.45) is 1.04. The SMILES string of the molecule is CCC(C)CN(CC)C(=O)c1ccc(Br)cc1O. The van der Waals surface area contributed by atoms with Gasteiger partial charge in [-0.05, 0) is 31.0 Å². The standard InChI is InChI=1S/C14H20BrNO2/c1-4-10(3)9-16(5-2)14(18)12-7-6-11(15)8-13(12)17/h6-8,10,17H,4-5,9H2,1-3H3. The van der Waals surface area contributed by atoms with Crippen LogP contribution in [0, 0.1) is 5.92 Å². The van der Waals surface area contributed by atoms with Gasteiger partial charge >= 0.3 is 0 Å². The highest BCUT2D eigenvalue weighted by Crippen LogP contribution is 2.24. The van der Waals surface area contributed by atoms with Crippen LogP contribution in [0.3, 0.4) is 0 Å². The summed E-state index contributed by atoms with van der Waals surface area (Å²) in [5.41, 5.74) is 0.364. The second-order valence-corrected chi connectivity index (χ2v) is 5.43. The Morgan fingerprint density at radius 2 is 2.11 bits per heavy atom. The first-order valence-electron chi connectivity index (χ1n) is 6.27. The van der Waals surface area contributed by atoms with Crippen LogP contribution in [0.25, 0.3) is 0 Å². The molecule has 4 heteroatoms. The van der Waals surface area contributed by atoms with Crippen LogP contribution in [0.1, 0.15) is 37.6 Å². The van der Waals surface area contributed by atoms with Crippen molar-refractivity contribution in [2.75, 3.05) is 13.1 Å². The predicted molar refractivity (Wildman–Crippen MR) is 76.8 cm³/mol. The zero-order valence-corrected chi connectivity index (χ0v) is 12.7. The zero-order chi connectivity index (χ0) is 13.7. The van der Waals surface area contributed by atoms with E-state index in [0.717, 1.165) is 17.4 Å². The molecule has 1 aromatic carbocycles. The van der Waals surface area contributed by atoms with Gasteiger partial charge in [0.15, 0.2) is 0 Å². The van der Waals surface area contributed by atoms with Gasteiger partial charge < -0.3 is 10.0 Å². The molecular weight excluding hydrogens is 294 g/mol. The molecule has 0 aliphatic rings. The summed E-state index contributed by atoms with van der Waals surface area (Å²) in [5.74, 6) is 0.381. The van der Waals surface area contributed by atoms with Gasteiger partial charge in [0.1, 0.15) is 5.75 Å². The molecule has 3 nitrogen and oxygen atoms in total. The summed E-state index contributed by atoms with van der Waals surface area (Å²) in [5, 5.41) is 9.82. The van der Waals surface area contributed by atoms with Gasteiger partial charge in [-0.2, -0.15) is 0 Å². The fourth-order valence-corrected chi connectivity index (χ4v) is 2.07. The molecule has 0 bridgehead atoms. The number of halogens is 1. The summed E-state index contributed by atoms with van der Waals surface area (Å²) in [6, 6.07) is 4.97. The number of nitrogens with zero attached hydrogens (tertiary/aromatic N) is 1.